The van der Waals surface area contributed by atoms with Crippen molar-refractivity contribution >= 4 is 5.91 Å². The molecule has 4 aromatic rings. The summed E-state index contributed by atoms with van der Waals surface area (Å²) < 4.78 is 55.2. The normalized spacial score (nSPS) is 12.2. The molecule has 1 atom stereocenters. The molecule has 0 fully saturated rings. The monoisotopic (exact) mass is 512 g/mol. The van der Waals surface area contributed by atoms with Crippen LogP contribution in [0.2, 0.25) is 0 Å². The quantitative estimate of drug-likeness (QED) is 0.395. The minimum absolute atomic E-state index is 0.0238. The van der Waals surface area contributed by atoms with Gasteiger partial charge in [0.05, 0.1) is 18.2 Å². The van der Waals surface area contributed by atoms with Gasteiger partial charge < -0.3 is 5.32 Å². The standard InChI is InChI=1S/C26H20F4N4O3/c1-16(18-9-3-2-4-10-18)31-23(35)22-24(36)33(15-17-8-7-11-19(14-17)26(28,29)30)25(37)34(32-22)21-13-6-5-12-20(21)27/h2-14,16H,15H2,1H3,(H,31,35). The first-order chi connectivity index (χ1) is 17.6. The molecule has 0 saturated heterocycles. The van der Waals surface area contributed by atoms with Crippen molar-refractivity contribution in [1.82, 2.24) is 19.7 Å². The molecule has 1 amide bonds. The van der Waals surface area contributed by atoms with Crippen molar-refractivity contribution in [1.29, 1.82) is 0 Å². The molecule has 3 aromatic carbocycles. The third-order valence-electron chi connectivity index (χ3n) is 5.60. The van der Waals surface area contributed by atoms with Crippen LogP contribution in [0.15, 0.2) is 88.5 Å². The van der Waals surface area contributed by atoms with Crippen molar-refractivity contribution in [3.05, 3.63) is 128 Å². The average Bonchev–Trinajstić information content (AvgIpc) is 2.87. The molecule has 11 heteroatoms. The Kier molecular flexibility index (Phi) is 7.05. The topological polar surface area (TPSA) is 86.0 Å². The third kappa shape index (κ3) is 5.50. The molecule has 1 aromatic heterocycles. The summed E-state index contributed by atoms with van der Waals surface area (Å²) in [5.74, 6) is -1.80. The lowest BCUT2D eigenvalue weighted by Crippen LogP contribution is -2.46. The first kappa shape index (κ1) is 25.5. The maximum Gasteiger partial charge on any atom is 0.416 e. The number of carbonyl (C=O) groups is 1. The highest BCUT2D eigenvalue weighted by Crippen LogP contribution is 2.29. The number of amides is 1. The van der Waals surface area contributed by atoms with Gasteiger partial charge in [-0.25, -0.2) is 9.18 Å². The maximum atomic E-state index is 14.6. The van der Waals surface area contributed by atoms with Gasteiger partial charge >= 0.3 is 11.9 Å². The second kappa shape index (κ2) is 10.2. The van der Waals surface area contributed by atoms with Gasteiger partial charge in [0.2, 0.25) is 5.69 Å². The molecule has 190 valence electrons. The van der Waals surface area contributed by atoms with E-state index in [2.05, 4.69) is 10.4 Å². The smallest absolute Gasteiger partial charge is 0.344 e. The highest BCUT2D eigenvalue weighted by atomic mass is 19.4. The SMILES string of the molecule is CC(NC(=O)c1nn(-c2ccccc2F)c(=O)n(Cc2cccc(C(F)(F)F)c2)c1=O)c1ccccc1. The van der Waals surface area contributed by atoms with E-state index in [1.807, 2.05) is 0 Å². The van der Waals surface area contributed by atoms with Gasteiger partial charge in [0, 0.05) is 0 Å². The Morgan fingerprint density at radius 3 is 2.32 bits per heavy atom. The van der Waals surface area contributed by atoms with E-state index in [1.54, 1.807) is 37.3 Å². The number of rotatable bonds is 6. The van der Waals surface area contributed by atoms with Gasteiger partial charge in [-0.1, -0.05) is 54.6 Å². The molecular formula is C26H20F4N4O3. The van der Waals surface area contributed by atoms with Crippen LogP contribution in [0.3, 0.4) is 0 Å². The van der Waals surface area contributed by atoms with Crippen LogP contribution in [-0.4, -0.2) is 20.3 Å². The molecule has 0 radical (unpaired) electrons. The Balaban J connectivity index is 1.83. The predicted molar refractivity (Wildman–Crippen MR) is 127 cm³/mol. The molecule has 1 N–H and O–H groups in total. The highest BCUT2D eigenvalue weighted by Gasteiger charge is 2.30. The molecule has 1 heterocycles. The molecule has 0 aliphatic heterocycles. The summed E-state index contributed by atoms with van der Waals surface area (Å²) in [6.45, 7) is 1.06. The Labute approximate surface area is 207 Å². The first-order valence-electron chi connectivity index (χ1n) is 11.1. The largest absolute Gasteiger partial charge is 0.416 e. The van der Waals surface area contributed by atoms with E-state index in [0.717, 1.165) is 29.8 Å². The summed E-state index contributed by atoms with van der Waals surface area (Å²) in [4.78, 5) is 39.5. The Bertz CT molecular complexity index is 1560. The van der Waals surface area contributed by atoms with Crippen molar-refractivity contribution in [2.75, 3.05) is 0 Å². The minimum atomic E-state index is -4.65. The zero-order valence-corrected chi connectivity index (χ0v) is 19.4. The second-order valence-corrected chi connectivity index (χ2v) is 8.19. The number of alkyl halides is 3. The fourth-order valence-corrected chi connectivity index (χ4v) is 3.70. The Hall–Kier alpha value is -4.54. The fourth-order valence-electron chi connectivity index (χ4n) is 3.70. The molecular weight excluding hydrogens is 492 g/mol. The number of nitrogens with zero attached hydrogens (tertiary/aromatic N) is 3. The van der Waals surface area contributed by atoms with Gasteiger partial charge in [-0.3, -0.25) is 14.2 Å². The van der Waals surface area contributed by atoms with Crippen molar-refractivity contribution in [3.63, 3.8) is 0 Å². The molecule has 0 bridgehead atoms. The summed E-state index contributed by atoms with van der Waals surface area (Å²) in [7, 11) is 0. The number of hydrogen-bond acceptors (Lipinski definition) is 4. The van der Waals surface area contributed by atoms with E-state index >= 15 is 0 Å². The Morgan fingerprint density at radius 2 is 1.65 bits per heavy atom. The predicted octanol–water partition coefficient (Wildman–Crippen LogP) is 4.09. The van der Waals surface area contributed by atoms with Crippen molar-refractivity contribution in [2.24, 2.45) is 0 Å². The zero-order valence-electron chi connectivity index (χ0n) is 19.4. The van der Waals surface area contributed by atoms with Crippen LogP contribution >= 0.6 is 0 Å². The van der Waals surface area contributed by atoms with Crippen LogP contribution in [0.4, 0.5) is 17.6 Å². The number of halogens is 4. The van der Waals surface area contributed by atoms with E-state index in [-0.39, 0.29) is 11.3 Å². The molecule has 0 saturated carbocycles. The van der Waals surface area contributed by atoms with E-state index in [1.165, 1.54) is 24.3 Å². The maximum absolute atomic E-state index is 14.6. The molecule has 7 nitrogen and oxygen atoms in total. The molecule has 0 aliphatic carbocycles. The number of hydrogen-bond donors (Lipinski definition) is 1. The van der Waals surface area contributed by atoms with E-state index in [4.69, 9.17) is 0 Å². The van der Waals surface area contributed by atoms with E-state index in [9.17, 15) is 31.9 Å². The van der Waals surface area contributed by atoms with E-state index < -0.39 is 53.0 Å². The highest BCUT2D eigenvalue weighted by molar-refractivity contribution is 5.92. The van der Waals surface area contributed by atoms with Gasteiger partial charge in [0.15, 0.2) is 0 Å². The summed E-state index contributed by atoms with van der Waals surface area (Å²) in [6.07, 6.45) is -4.65. The van der Waals surface area contributed by atoms with Crippen molar-refractivity contribution < 1.29 is 22.4 Å². The van der Waals surface area contributed by atoms with Gasteiger partial charge in [-0.15, -0.1) is 0 Å². The number of aromatic nitrogens is 3. The molecule has 0 aliphatic rings. The summed E-state index contributed by atoms with van der Waals surface area (Å²) in [5.41, 5.74) is -3.59. The summed E-state index contributed by atoms with van der Waals surface area (Å²) in [5, 5.41) is 6.46. The lowest BCUT2D eigenvalue weighted by Gasteiger charge is -2.16. The lowest BCUT2D eigenvalue weighted by molar-refractivity contribution is -0.137. The van der Waals surface area contributed by atoms with Crippen LogP contribution in [0, 0.1) is 5.82 Å². The summed E-state index contributed by atoms with van der Waals surface area (Å²) >= 11 is 0. The number of para-hydroxylation sites is 1. The van der Waals surface area contributed by atoms with Crippen LogP contribution in [0.25, 0.3) is 5.69 Å². The average molecular weight is 512 g/mol. The number of benzene rings is 3. The van der Waals surface area contributed by atoms with Crippen LogP contribution in [0.5, 0.6) is 0 Å². The van der Waals surface area contributed by atoms with Crippen LogP contribution < -0.4 is 16.6 Å². The molecule has 37 heavy (non-hydrogen) atoms. The minimum Gasteiger partial charge on any atom is -0.344 e. The second-order valence-electron chi connectivity index (χ2n) is 8.19. The fraction of sp³-hybridized carbons (Fsp3) is 0.154. The molecule has 0 spiro atoms. The van der Waals surface area contributed by atoms with Gasteiger partial charge in [0.1, 0.15) is 11.5 Å². The van der Waals surface area contributed by atoms with Crippen LogP contribution in [-0.2, 0) is 12.7 Å². The van der Waals surface area contributed by atoms with Crippen LogP contribution in [0.1, 0.15) is 40.1 Å². The summed E-state index contributed by atoms with van der Waals surface area (Å²) in [6, 6.07) is 17.4. The number of nitrogens with one attached hydrogen (secondary N) is 1. The van der Waals surface area contributed by atoms with Crippen molar-refractivity contribution in [3.8, 4) is 5.69 Å². The van der Waals surface area contributed by atoms with Gasteiger partial charge in [0.25, 0.3) is 11.5 Å². The Morgan fingerprint density at radius 1 is 0.973 bits per heavy atom. The lowest BCUT2D eigenvalue weighted by atomic mass is 10.1. The third-order valence-corrected chi connectivity index (χ3v) is 5.60. The molecule has 4 rings (SSSR count). The zero-order chi connectivity index (χ0) is 26.7. The number of carbonyl (C=O) groups excluding carboxylic acids is 1. The van der Waals surface area contributed by atoms with Gasteiger partial charge in [-0.05, 0) is 42.3 Å². The van der Waals surface area contributed by atoms with Crippen molar-refractivity contribution in [2.45, 2.75) is 25.7 Å². The van der Waals surface area contributed by atoms with Gasteiger partial charge in [-0.2, -0.15) is 23.0 Å². The first-order valence-corrected chi connectivity index (χ1v) is 11.1. The van der Waals surface area contributed by atoms with E-state index in [0.29, 0.717) is 9.25 Å². The molecule has 1 unspecified atom stereocenters.